The predicted octanol–water partition coefficient (Wildman–Crippen LogP) is 5.29. The van der Waals surface area contributed by atoms with Crippen molar-refractivity contribution in [3.05, 3.63) is 70.3 Å². The molecule has 0 aliphatic heterocycles. The lowest BCUT2D eigenvalue weighted by Crippen LogP contribution is -2.11. The largest absolute Gasteiger partial charge is 0.507 e. The Hall–Kier alpha value is -2.22. The van der Waals surface area contributed by atoms with E-state index in [9.17, 15) is 10.2 Å². The zero-order valence-corrected chi connectivity index (χ0v) is 14.6. The smallest absolute Gasteiger partial charge is 0.122 e. The van der Waals surface area contributed by atoms with Gasteiger partial charge in [-0.05, 0) is 44.7 Å². The summed E-state index contributed by atoms with van der Waals surface area (Å²) in [5.74, 6) is 0.541. The summed E-state index contributed by atoms with van der Waals surface area (Å²) in [5, 5.41) is 21.2. The van der Waals surface area contributed by atoms with Crippen molar-refractivity contribution in [3.8, 4) is 11.5 Å². The van der Waals surface area contributed by atoms with Crippen molar-refractivity contribution in [3.63, 3.8) is 0 Å². The Balaban J connectivity index is 2.77. The molecule has 0 heterocycles. The van der Waals surface area contributed by atoms with Gasteiger partial charge in [0.1, 0.15) is 11.5 Å². The highest BCUT2D eigenvalue weighted by atomic mass is 16.3. The first-order valence-electron chi connectivity index (χ1n) is 7.99. The summed E-state index contributed by atoms with van der Waals surface area (Å²) in [7, 11) is 0. The van der Waals surface area contributed by atoms with Crippen LogP contribution in [0.3, 0.4) is 0 Å². The molecule has 2 aromatic rings. The van der Waals surface area contributed by atoms with E-state index >= 15 is 0 Å². The fourth-order valence-corrected chi connectivity index (χ4v) is 3.33. The van der Waals surface area contributed by atoms with Gasteiger partial charge < -0.3 is 10.2 Å². The van der Waals surface area contributed by atoms with Crippen LogP contribution in [0.15, 0.2) is 36.9 Å². The number of phenols is 2. The summed E-state index contributed by atoms with van der Waals surface area (Å²) < 4.78 is 0. The number of aryl methyl sites for hydroxylation is 4. The fourth-order valence-electron chi connectivity index (χ4n) is 3.33. The Labute approximate surface area is 139 Å². The number of hydrogen-bond donors (Lipinski definition) is 2. The van der Waals surface area contributed by atoms with E-state index in [0.29, 0.717) is 11.5 Å². The zero-order chi connectivity index (χ0) is 17.3. The molecule has 0 saturated heterocycles. The van der Waals surface area contributed by atoms with Crippen molar-refractivity contribution in [2.24, 2.45) is 5.92 Å². The van der Waals surface area contributed by atoms with Gasteiger partial charge in [0.25, 0.3) is 0 Å². The van der Waals surface area contributed by atoms with Gasteiger partial charge in [0.2, 0.25) is 0 Å². The van der Waals surface area contributed by atoms with Crippen LogP contribution in [0.2, 0.25) is 0 Å². The maximum absolute atomic E-state index is 10.6. The highest BCUT2D eigenvalue weighted by Crippen LogP contribution is 2.43. The molecule has 0 saturated carbocycles. The van der Waals surface area contributed by atoms with E-state index in [1.165, 1.54) is 0 Å². The number of phenolic OH excluding ortho intramolecular Hbond substituents is 2. The number of rotatable bonds is 4. The molecule has 0 spiro atoms. The minimum Gasteiger partial charge on any atom is -0.507 e. The minimum atomic E-state index is -0.135. The van der Waals surface area contributed by atoms with Crippen LogP contribution in [-0.2, 0) is 0 Å². The van der Waals surface area contributed by atoms with E-state index in [4.69, 9.17) is 0 Å². The molecule has 2 rings (SSSR count). The third-order valence-corrected chi connectivity index (χ3v) is 4.52. The van der Waals surface area contributed by atoms with Crippen LogP contribution in [0.5, 0.6) is 11.5 Å². The standard InChI is InChI=1S/C21H26O2/c1-7-14(4)19(17-10-12(2)8-15(5)20(17)22)18-11-13(3)9-16(6)21(18)23/h7-11,14,19,22-23H,1H2,2-6H3. The summed E-state index contributed by atoms with van der Waals surface area (Å²) in [6, 6.07) is 7.94. The molecule has 2 nitrogen and oxygen atoms in total. The number of allylic oxidation sites excluding steroid dienone is 1. The number of aromatic hydroxyl groups is 2. The Bertz CT molecular complexity index is 686. The van der Waals surface area contributed by atoms with Gasteiger partial charge in [-0.1, -0.05) is 48.4 Å². The van der Waals surface area contributed by atoms with Gasteiger partial charge >= 0.3 is 0 Å². The molecule has 0 amide bonds. The van der Waals surface area contributed by atoms with Crippen molar-refractivity contribution in [1.82, 2.24) is 0 Å². The van der Waals surface area contributed by atoms with E-state index in [1.807, 2.05) is 58.0 Å². The summed E-state index contributed by atoms with van der Waals surface area (Å²) in [5.41, 5.74) is 5.58. The van der Waals surface area contributed by atoms with Crippen LogP contribution in [0.25, 0.3) is 0 Å². The van der Waals surface area contributed by atoms with Crippen LogP contribution in [-0.4, -0.2) is 10.2 Å². The van der Waals surface area contributed by atoms with Gasteiger partial charge in [-0.25, -0.2) is 0 Å². The molecule has 0 bridgehead atoms. The van der Waals surface area contributed by atoms with Gasteiger partial charge in [-0.2, -0.15) is 0 Å². The molecule has 0 aromatic heterocycles. The van der Waals surface area contributed by atoms with Crippen molar-refractivity contribution < 1.29 is 10.2 Å². The monoisotopic (exact) mass is 310 g/mol. The van der Waals surface area contributed by atoms with E-state index in [0.717, 1.165) is 33.4 Å². The second kappa shape index (κ2) is 6.49. The third kappa shape index (κ3) is 3.26. The van der Waals surface area contributed by atoms with Gasteiger partial charge in [0.15, 0.2) is 0 Å². The maximum atomic E-state index is 10.6. The van der Waals surface area contributed by atoms with Crippen molar-refractivity contribution in [2.75, 3.05) is 0 Å². The van der Waals surface area contributed by atoms with Crippen LogP contribution in [0.1, 0.15) is 46.2 Å². The van der Waals surface area contributed by atoms with E-state index < -0.39 is 0 Å². The molecular weight excluding hydrogens is 284 g/mol. The first kappa shape index (κ1) is 17.1. The number of hydrogen-bond acceptors (Lipinski definition) is 2. The molecule has 122 valence electrons. The molecular formula is C21H26O2. The van der Waals surface area contributed by atoms with Crippen LogP contribution >= 0.6 is 0 Å². The van der Waals surface area contributed by atoms with Crippen molar-refractivity contribution >= 4 is 0 Å². The maximum Gasteiger partial charge on any atom is 0.122 e. The van der Waals surface area contributed by atoms with Gasteiger partial charge in [-0.3, -0.25) is 0 Å². The lowest BCUT2D eigenvalue weighted by Gasteiger charge is -2.26. The minimum absolute atomic E-state index is 0.0780. The third-order valence-electron chi connectivity index (χ3n) is 4.52. The lowest BCUT2D eigenvalue weighted by molar-refractivity contribution is 0.438. The van der Waals surface area contributed by atoms with Crippen molar-refractivity contribution in [1.29, 1.82) is 0 Å². The average molecular weight is 310 g/mol. The first-order chi connectivity index (χ1) is 10.8. The summed E-state index contributed by atoms with van der Waals surface area (Å²) in [6.45, 7) is 13.8. The van der Waals surface area contributed by atoms with Crippen LogP contribution in [0.4, 0.5) is 0 Å². The normalized spacial score (nSPS) is 12.4. The lowest BCUT2D eigenvalue weighted by atomic mass is 9.78. The summed E-state index contributed by atoms with van der Waals surface area (Å²) in [6.07, 6.45) is 1.87. The second-order valence-electron chi connectivity index (χ2n) is 6.61. The highest BCUT2D eigenvalue weighted by Gasteiger charge is 2.26. The molecule has 2 heteroatoms. The quantitative estimate of drug-likeness (QED) is 0.754. The highest BCUT2D eigenvalue weighted by molar-refractivity contribution is 5.54. The van der Waals surface area contributed by atoms with E-state index in [-0.39, 0.29) is 11.8 Å². The summed E-state index contributed by atoms with van der Waals surface area (Å²) in [4.78, 5) is 0. The van der Waals surface area contributed by atoms with Gasteiger partial charge in [0.05, 0.1) is 0 Å². The molecule has 2 N–H and O–H groups in total. The van der Waals surface area contributed by atoms with Gasteiger partial charge in [0, 0.05) is 17.0 Å². The Morgan fingerprint density at radius 1 is 0.826 bits per heavy atom. The molecule has 1 atom stereocenters. The first-order valence-corrected chi connectivity index (χ1v) is 7.99. The Kier molecular flexibility index (Phi) is 4.84. The average Bonchev–Trinajstić information content (AvgIpc) is 2.48. The molecule has 0 radical (unpaired) electrons. The second-order valence-corrected chi connectivity index (χ2v) is 6.61. The van der Waals surface area contributed by atoms with Gasteiger partial charge in [-0.15, -0.1) is 6.58 Å². The molecule has 23 heavy (non-hydrogen) atoms. The Morgan fingerprint density at radius 3 is 1.57 bits per heavy atom. The fraction of sp³-hybridized carbons (Fsp3) is 0.333. The topological polar surface area (TPSA) is 40.5 Å². The molecule has 0 aliphatic rings. The molecule has 0 aliphatic carbocycles. The van der Waals surface area contributed by atoms with E-state index in [2.05, 4.69) is 13.5 Å². The van der Waals surface area contributed by atoms with Crippen LogP contribution in [0, 0.1) is 33.6 Å². The van der Waals surface area contributed by atoms with Crippen molar-refractivity contribution in [2.45, 2.75) is 40.5 Å². The Morgan fingerprint density at radius 2 is 1.22 bits per heavy atom. The molecule has 2 aromatic carbocycles. The molecule has 0 fully saturated rings. The SMILES string of the molecule is C=CC(C)C(c1cc(C)cc(C)c1O)c1cc(C)cc(C)c1O. The van der Waals surface area contributed by atoms with Crippen LogP contribution < -0.4 is 0 Å². The predicted molar refractivity (Wildman–Crippen MR) is 96.4 cm³/mol. The zero-order valence-electron chi connectivity index (χ0n) is 14.6. The summed E-state index contributed by atoms with van der Waals surface area (Å²) >= 11 is 0. The van der Waals surface area contributed by atoms with E-state index in [1.54, 1.807) is 0 Å². The molecule has 1 unspecified atom stereocenters. The number of benzene rings is 2.